The third-order valence-electron chi connectivity index (χ3n) is 3.64. The summed E-state index contributed by atoms with van der Waals surface area (Å²) >= 11 is 1.35. The van der Waals surface area contributed by atoms with E-state index in [2.05, 4.69) is 10.4 Å². The van der Waals surface area contributed by atoms with Crippen molar-refractivity contribution in [2.45, 2.75) is 13.5 Å². The Balaban J connectivity index is 1.96. The molecule has 23 heavy (non-hydrogen) atoms. The Morgan fingerprint density at radius 2 is 2.22 bits per heavy atom. The van der Waals surface area contributed by atoms with Crippen molar-refractivity contribution in [3.63, 3.8) is 0 Å². The number of amides is 1. The molecule has 0 radical (unpaired) electrons. The Labute approximate surface area is 137 Å². The van der Waals surface area contributed by atoms with Gasteiger partial charge < -0.3 is 15.0 Å². The van der Waals surface area contributed by atoms with Crippen molar-refractivity contribution in [2.75, 3.05) is 36.5 Å². The lowest BCUT2D eigenvalue weighted by molar-refractivity contribution is 0.103. The molecular formula is C15H18N4O3S. The fourth-order valence-corrected chi connectivity index (χ4v) is 3.10. The molecule has 0 aromatic carbocycles. The topological polar surface area (TPSA) is 76.5 Å². The fourth-order valence-electron chi connectivity index (χ4n) is 2.48. The molecule has 2 aromatic heterocycles. The van der Waals surface area contributed by atoms with E-state index >= 15 is 0 Å². The first-order chi connectivity index (χ1) is 11.2. The molecule has 8 heteroatoms. The highest BCUT2D eigenvalue weighted by molar-refractivity contribution is 7.12. The Morgan fingerprint density at radius 3 is 2.87 bits per heavy atom. The predicted octanol–water partition coefficient (Wildman–Crippen LogP) is 1.41. The zero-order chi connectivity index (χ0) is 16.2. The molecule has 0 atom stereocenters. The summed E-state index contributed by atoms with van der Waals surface area (Å²) in [5.41, 5.74) is 0.730. The van der Waals surface area contributed by atoms with Crippen molar-refractivity contribution in [3.8, 4) is 0 Å². The molecule has 1 fully saturated rings. The van der Waals surface area contributed by atoms with Crippen LogP contribution in [0.25, 0.3) is 0 Å². The largest absolute Gasteiger partial charge is 0.378 e. The molecule has 2 aromatic rings. The number of anilines is 2. The summed E-state index contributed by atoms with van der Waals surface area (Å²) in [6.07, 6.45) is 1.54. The number of hydrogen-bond donors (Lipinski definition) is 1. The molecule has 3 heterocycles. The monoisotopic (exact) mass is 334 g/mol. The summed E-state index contributed by atoms with van der Waals surface area (Å²) < 4.78 is 6.74. The number of ether oxygens (including phenoxy) is 1. The van der Waals surface area contributed by atoms with Gasteiger partial charge in [0, 0.05) is 19.6 Å². The lowest BCUT2D eigenvalue weighted by Crippen LogP contribution is -2.41. The minimum Gasteiger partial charge on any atom is -0.378 e. The van der Waals surface area contributed by atoms with Crippen LogP contribution in [0.4, 0.5) is 11.4 Å². The highest BCUT2D eigenvalue weighted by atomic mass is 32.1. The maximum absolute atomic E-state index is 12.7. The predicted molar refractivity (Wildman–Crippen MR) is 89.5 cm³/mol. The number of carbonyl (C=O) groups excluding carboxylic acids is 1. The van der Waals surface area contributed by atoms with E-state index in [1.165, 1.54) is 16.0 Å². The minimum absolute atomic E-state index is 0.196. The van der Waals surface area contributed by atoms with E-state index in [0.29, 0.717) is 49.1 Å². The number of nitrogens with one attached hydrogen (secondary N) is 1. The molecule has 0 aliphatic carbocycles. The van der Waals surface area contributed by atoms with Crippen LogP contribution in [0.2, 0.25) is 0 Å². The van der Waals surface area contributed by atoms with Gasteiger partial charge >= 0.3 is 0 Å². The zero-order valence-electron chi connectivity index (χ0n) is 12.8. The van der Waals surface area contributed by atoms with Crippen LogP contribution in [-0.4, -0.2) is 42.0 Å². The lowest BCUT2D eigenvalue weighted by atomic mass is 10.3. The van der Waals surface area contributed by atoms with Crippen LogP contribution in [-0.2, 0) is 11.3 Å². The van der Waals surface area contributed by atoms with Crippen molar-refractivity contribution in [1.82, 2.24) is 9.78 Å². The molecular weight excluding hydrogens is 316 g/mol. The molecule has 3 rings (SSSR count). The van der Waals surface area contributed by atoms with Crippen LogP contribution in [0.1, 0.15) is 16.6 Å². The van der Waals surface area contributed by atoms with Gasteiger partial charge in [0.1, 0.15) is 5.69 Å². The van der Waals surface area contributed by atoms with Crippen molar-refractivity contribution < 1.29 is 9.53 Å². The molecule has 1 aliphatic rings. The average Bonchev–Trinajstić information content (AvgIpc) is 3.11. The number of rotatable bonds is 4. The number of carbonyl (C=O) groups is 1. The molecule has 0 saturated carbocycles. The number of nitrogens with zero attached hydrogens (tertiary/aromatic N) is 3. The summed E-state index contributed by atoms with van der Waals surface area (Å²) in [4.78, 5) is 27.5. The second kappa shape index (κ2) is 6.93. The maximum atomic E-state index is 12.7. The summed E-state index contributed by atoms with van der Waals surface area (Å²) in [5, 5.41) is 8.78. The van der Waals surface area contributed by atoms with Gasteiger partial charge in [-0.25, -0.2) is 4.68 Å². The first kappa shape index (κ1) is 15.7. The summed E-state index contributed by atoms with van der Waals surface area (Å²) in [7, 11) is 0. The number of aromatic nitrogens is 2. The average molecular weight is 334 g/mol. The maximum Gasteiger partial charge on any atom is 0.292 e. The van der Waals surface area contributed by atoms with Gasteiger partial charge in [0.2, 0.25) is 0 Å². The Bertz CT molecular complexity index is 736. The summed E-state index contributed by atoms with van der Waals surface area (Å²) in [6.45, 7) is 4.70. The van der Waals surface area contributed by atoms with Crippen LogP contribution in [0, 0.1) is 0 Å². The van der Waals surface area contributed by atoms with Crippen LogP contribution >= 0.6 is 11.3 Å². The fraction of sp³-hybridized carbons (Fsp3) is 0.400. The molecule has 1 N–H and O–H groups in total. The van der Waals surface area contributed by atoms with Crippen LogP contribution < -0.4 is 15.8 Å². The molecule has 0 spiro atoms. The second-order valence-electron chi connectivity index (χ2n) is 5.06. The minimum atomic E-state index is -0.232. The summed E-state index contributed by atoms with van der Waals surface area (Å²) in [6, 6.07) is 3.56. The second-order valence-corrected chi connectivity index (χ2v) is 6.01. The highest BCUT2D eigenvalue weighted by Crippen LogP contribution is 2.23. The molecule has 122 valence electrons. The Hall–Kier alpha value is -2.19. The number of thiophene rings is 1. The van der Waals surface area contributed by atoms with Crippen LogP contribution in [0.3, 0.4) is 0 Å². The van der Waals surface area contributed by atoms with Crippen molar-refractivity contribution in [2.24, 2.45) is 0 Å². The van der Waals surface area contributed by atoms with Gasteiger partial charge in [-0.3, -0.25) is 9.59 Å². The molecule has 1 amide bonds. The smallest absolute Gasteiger partial charge is 0.292 e. The number of hydrogen-bond acceptors (Lipinski definition) is 6. The van der Waals surface area contributed by atoms with E-state index in [1.807, 2.05) is 23.3 Å². The van der Waals surface area contributed by atoms with E-state index in [-0.39, 0.29) is 11.5 Å². The molecule has 1 aliphatic heterocycles. The molecule has 0 bridgehead atoms. The standard InChI is InChI=1S/C15H18N4O3S/c1-2-19-15(21)13(18-5-7-22-8-6-18)11(10-16-19)17-14(20)12-4-3-9-23-12/h3-4,9-10H,2,5-8H2,1H3,(H,17,20). The molecule has 0 unspecified atom stereocenters. The SMILES string of the molecule is CCn1ncc(NC(=O)c2cccs2)c(N2CCOCC2)c1=O. The Morgan fingerprint density at radius 1 is 1.43 bits per heavy atom. The van der Waals surface area contributed by atoms with Crippen LogP contribution in [0.15, 0.2) is 28.5 Å². The van der Waals surface area contributed by atoms with Crippen molar-refractivity contribution in [1.29, 1.82) is 0 Å². The van der Waals surface area contributed by atoms with E-state index in [1.54, 1.807) is 12.3 Å². The van der Waals surface area contributed by atoms with E-state index < -0.39 is 0 Å². The lowest BCUT2D eigenvalue weighted by Gasteiger charge is -2.29. The van der Waals surface area contributed by atoms with E-state index in [9.17, 15) is 9.59 Å². The van der Waals surface area contributed by atoms with Gasteiger partial charge in [-0.05, 0) is 18.4 Å². The van der Waals surface area contributed by atoms with E-state index in [0.717, 1.165) is 0 Å². The van der Waals surface area contributed by atoms with Gasteiger partial charge in [-0.2, -0.15) is 5.10 Å². The first-order valence-corrected chi connectivity index (χ1v) is 8.36. The summed E-state index contributed by atoms with van der Waals surface area (Å²) in [5.74, 6) is -0.232. The van der Waals surface area contributed by atoms with Gasteiger partial charge in [0.25, 0.3) is 11.5 Å². The number of aryl methyl sites for hydroxylation is 1. The molecule has 7 nitrogen and oxygen atoms in total. The highest BCUT2D eigenvalue weighted by Gasteiger charge is 2.22. The van der Waals surface area contributed by atoms with Gasteiger partial charge in [-0.1, -0.05) is 6.07 Å². The van der Waals surface area contributed by atoms with Crippen molar-refractivity contribution >= 4 is 28.6 Å². The third kappa shape index (κ3) is 3.27. The third-order valence-corrected chi connectivity index (χ3v) is 4.51. The molecule has 1 saturated heterocycles. The van der Waals surface area contributed by atoms with Gasteiger partial charge in [0.15, 0.2) is 0 Å². The van der Waals surface area contributed by atoms with E-state index in [4.69, 9.17) is 4.74 Å². The first-order valence-electron chi connectivity index (χ1n) is 7.48. The number of morpholine rings is 1. The normalized spacial score (nSPS) is 14.7. The van der Waals surface area contributed by atoms with Gasteiger partial charge in [-0.15, -0.1) is 11.3 Å². The van der Waals surface area contributed by atoms with Crippen molar-refractivity contribution in [3.05, 3.63) is 38.9 Å². The zero-order valence-corrected chi connectivity index (χ0v) is 13.6. The Kier molecular flexibility index (Phi) is 4.73. The quantitative estimate of drug-likeness (QED) is 0.915. The van der Waals surface area contributed by atoms with Gasteiger partial charge in [0.05, 0.1) is 30.0 Å². The van der Waals surface area contributed by atoms with Crippen LogP contribution in [0.5, 0.6) is 0 Å².